The average Bonchev–Trinajstić information content (AvgIpc) is 2.93. The van der Waals surface area contributed by atoms with Gasteiger partial charge in [0, 0.05) is 25.6 Å². The molecule has 0 spiro atoms. The Hall–Kier alpha value is -1.08. The number of rotatable bonds is 4. The van der Waals surface area contributed by atoms with E-state index in [1.165, 1.54) is 11.3 Å². The van der Waals surface area contributed by atoms with Crippen LogP contribution in [0.5, 0.6) is 0 Å². The number of furan rings is 1. The molecule has 1 aliphatic rings. The Balaban J connectivity index is 0.00000121. The van der Waals surface area contributed by atoms with E-state index in [4.69, 9.17) is 4.42 Å². The summed E-state index contributed by atoms with van der Waals surface area (Å²) in [6.45, 7) is 6.44. The van der Waals surface area contributed by atoms with E-state index in [-0.39, 0.29) is 30.7 Å². The summed E-state index contributed by atoms with van der Waals surface area (Å²) in [7, 11) is 0. The van der Waals surface area contributed by atoms with E-state index >= 15 is 0 Å². The Morgan fingerprint density at radius 2 is 2.14 bits per heavy atom. The Morgan fingerprint density at radius 1 is 1.41 bits per heavy atom. The van der Waals surface area contributed by atoms with Crippen molar-refractivity contribution in [1.29, 1.82) is 0 Å². The third-order valence-corrected chi connectivity index (χ3v) is 4.54. The molecular weight excluding hydrogens is 345 g/mol. The molecule has 2 aromatic heterocycles. The molecule has 2 aromatic rings. The third-order valence-electron chi connectivity index (χ3n) is 3.37. The van der Waals surface area contributed by atoms with Crippen LogP contribution in [0.2, 0.25) is 0 Å². The van der Waals surface area contributed by atoms with Crippen LogP contribution in [-0.4, -0.2) is 30.5 Å². The monoisotopic (exact) mass is 363 g/mol. The van der Waals surface area contributed by atoms with E-state index in [9.17, 15) is 4.79 Å². The van der Waals surface area contributed by atoms with Crippen LogP contribution >= 0.6 is 36.2 Å². The summed E-state index contributed by atoms with van der Waals surface area (Å²) in [5, 5.41) is 6.92. The SMILES string of the molecule is Cc1ccc(-c2nc(C)c(C(=O)NCC3CNC3)s2)o1.Cl.Cl. The van der Waals surface area contributed by atoms with Crippen LogP contribution in [0.15, 0.2) is 16.5 Å². The number of carbonyl (C=O) groups excluding carboxylic acids is 1. The topological polar surface area (TPSA) is 67.2 Å². The van der Waals surface area contributed by atoms with Crippen molar-refractivity contribution < 1.29 is 9.21 Å². The zero-order chi connectivity index (χ0) is 14.1. The number of nitrogens with one attached hydrogen (secondary N) is 2. The van der Waals surface area contributed by atoms with Crippen LogP contribution in [0, 0.1) is 19.8 Å². The fraction of sp³-hybridized carbons (Fsp3) is 0.429. The standard InChI is InChI=1S/C14H17N3O2S.2ClH/c1-8-3-4-11(19-8)14-17-9(2)12(20-14)13(18)16-7-10-5-15-6-10;;/h3-4,10,15H,5-7H2,1-2H3,(H,16,18);2*1H. The van der Waals surface area contributed by atoms with Crippen molar-refractivity contribution >= 4 is 42.1 Å². The van der Waals surface area contributed by atoms with Crippen molar-refractivity contribution in [3.63, 3.8) is 0 Å². The number of aryl methyl sites for hydroxylation is 2. The number of thiazole rings is 1. The first kappa shape index (κ1) is 19.0. The van der Waals surface area contributed by atoms with Crippen molar-refractivity contribution in [1.82, 2.24) is 15.6 Å². The van der Waals surface area contributed by atoms with Gasteiger partial charge in [-0.2, -0.15) is 0 Å². The zero-order valence-corrected chi connectivity index (χ0v) is 14.8. The normalized spacial score (nSPS) is 13.7. The van der Waals surface area contributed by atoms with Crippen LogP contribution in [-0.2, 0) is 0 Å². The number of carbonyl (C=O) groups is 1. The highest BCUT2D eigenvalue weighted by Crippen LogP contribution is 2.29. The van der Waals surface area contributed by atoms with Crippen LogP contribution in [0.25, 0.3) is 10.8 Å². The molecule has 0 radical (unpaired) electrons. The Labute approximate surface area is 145 Å². The molecule has 5 nitrogen and oxygen atoms in total. The molecule has 0 saturated carbocycles. The fourth-order valence-corrected chi connectivity index (χ4v) is 3.02. The molecule has 0 unspecified atom stereocenters. The van der Waals surface area contributed by atoms with Gasteiger partial charge in [-0.1, -0.05) is 0 Å². The minimum absolute atomic E-state index is 0. The van der Waals surface area contributed by atoms with E-state index in [1.54, 1.807) is 0 Å². The summed E-state index contributed by atoms with van der Waals surface area (Å²) in [5.74, 6) is 2.08. The van der Waals surface area contributed by atoms with Gasteiger partial charge in [0.1, 0.15) is 10.6 Å². The molecule has 0 bridgehead atoms. The zero-order valence-electron chi connectivity index (χ0n) is 12.3. The number of halogens is 2. The summed E-state index contributed by atoms with van der Waals surface area (Å²) in [5.41, 5.74) is 0.753. The molecule has 0 aliphatic carbocycles. The van der Waals surface area contributed by atoms with Gasteiger partial charge in [-0.15, -0.1) is 36.2 Å². The molecule has 1 fully saturated rings. The van der Waals surface area contributed by atoms with Gasteiger partial charge in [0.25, 0.3) is 5.91 Å². The van der Waals surface area contributed by atoms with Gasteiger partial charge in [-0.3, -0.25) is 4.79 Å². The summed E-state index contributed by atoms with van der Waals surface area (Å²) < 4.78 is 5.55. The third kappa shape index (κ3) is 4.01. The van der Waals surface area contributed by atoms with Crippen LogP contribution < -0.4 is 10.6 Å². The number of aromatic nitrogens is 1. The summed E-state index contributed by atoms with van der Waals surface area (Å²) in [6, 6.07) is 3.78. The first-order valence-electron chi connectivity index (χ1n) is 6.66. The highest BCUT2D eigenvalue weighted by Gasteiger charge is 2.21. The second-order valence-corrected chi connectivity index (χ2v) is 6.08. The lowest BCUT2D eigenvalue weighted by Gasteiger charge is -2.26. The highest BCUT2D eigenvalue weighted by molar-refractivity contribution is 7.17. The van der Waals surface area contributed by atoms with Crippen molar-refractivity contribution in [2.24, 2.45) is 5.92 Å². The molecule has 0 atom stereocenters. The second kappa shape index (κ2) is 7.97. The molecule has 1 amide bonds. The van der Waals surface area contributed by atoms with Gasteiger partial charge in [0.2, 0.25) is 0 Å². The molecule has 1 saturated heterocycles. The van der Waals surface area contributed by atoms with Gasteiger partial charge in [-0.05, 0) is 26.0 Å². The Morgan fingerprint density at radius 3 is 2.68 bits per heavy atom. The lowest BCUT2D eigenvalue weighted by molar-refractivity contribution is 0.0945. The maximum absolute atomic E-state index is 12.2. The second-order valence-electron chi connectivity index (χ2n) is 5.08. The molecule has 0 aromatic carbocycles. The van der Waals surface area contributed by atoms with Crippen molar-refractivity contribution in [2.45, 2.75) is 13.8 Å². The molecule has 3 rings (SSSR count). The Bertz CT molecular complexity index is 638. The van der Waals surface area contributed by atoms with E-state index in [1.807, 2.05) is 26.0 Å². The van der Waals surface area contributed by atoms with Gasteiger partial charge >= 0.3 is 0 Å². The smallest absolute Gasteiger partial charge is 0.263 e. The fourth-order valence-electron chi connectivity index (χ4n) is 2.07. The lowest BCUT2D eigenvalue weighted by Crippen LogP contribution is -2.48. The largest absolute Gasteiger partial charge is 0.459 e. The van der Waals surface area contributed by atoms with Crippen LogP contribution in [0.1, 0.15) is 21.1 Å². The average molecular weight is 364 g/mol. The first-order chi connectivity index (χ1) is 9.63. The number of hydrogen-bond acceptors (Lipinski definition) is 5. The number of nitrogens with zero attached hydrogens (tertiary/aromatic N) is 1. The highest BCUT2D eigenvalue weighted by atomic mass is 35.5. The molecule has 122 valence electrons. The minimum atomic E-state index is -0.0403. The lowest BCUT2D eigenvalue weighted by atomic mass is 10.0. The van der Waals surface area contributed by atoms with Crippen molar-refractivity contribution in [3.05, 3.63) is 28.5 Å². The summed E-state index contributed by atoms with van der Waals surface area (Å²) in [6.07, 6.45) is 0. The van der Waals surface area contributed by atoms with E-state index in [2.05, 4.69) is 15.6 Å². The van der Waals surface area contributed by atoms with Crippen molar-refractivity contribution in [2.75, 3.05) is 19.6 Å². The molecule has 2 N–H and O–H groups in total. The van der Waals surface area contributed by atoms with Crippen LogP contribution in [0.4, 0.5) is 0 Å². The predicted octanol–water partition coefficient (Wildman–Crippen LogP) is 2.81. The van der Waals surface area contributed by atoms with Crippen molar-refractivity contribution in [3.8, 4) is 10.8 Å². The predicted molar refractivity (Wildman–Crippen MR) is 92.5 cm³/mol. The summed E-state index contributed by atoms with van der Waals surface area (Å²) >= 11 is 1.38. The molecule has 8 heteroatoms. The number of hydrogen-bond donors (Lipinski definition) is 2. The van der Waals surface area contributed by atoms with Gasteiger partial charge in [0.05, 0.1) is 5.69 Å². The first-order valence-corrected chi connectivity index (χ1v) is 7.48. The van der Waals surface area contributed by atoms with E-state index in [0.717, 1.165) is 41.9 Å². The van der Waals surface area contributed by atoms with Gasteiger partial charge < -0.3 is 15.1 Å². The van der Waals surface area contributed by atoms with Gasteiger partial charge in [-0.25, -0.2) is 4.98 Å². The van der Waals surface area contributed by atoms with Crippen LogP contribution in [0.3, 0.4) is 0 Å². The maximum atomic E-state index is 12.2. The summed E-state index contributed by atoms with van der Waals surface area (Å²) in [4.78, 5) is 17.3. The quantitative estimate of drug-likeness (QED) is 0.876. The van der Waals surface area contributed by atoms with E-state index < -0.39 is 0 Å². The molecule has 1 aliphatic heterocycles. The molecule has 3 heterocycles. The molecule has 22 heavy (non-hydrogen) atoms. The maximum Gasteiger partial charge on any atom is 0.263 e. The number of amides is 1. The molecular formula is C14H19Cl2N3O2S. The Kier molecular flexibility index (Phi) is 6.87. The van der Waals surface area contributed by atoms with E-state index in [0.29, 0.717) is 10.8 Å². The van der Waals surface area contributed by atoms with Gasteiger partial charge in [0.15, 0.2) is 10.8 Å². The minimum Gasteiger partial charge on any atom is -0.459 e.